The van der Waals surface area contributed by atoms with Gasteiger partial charge in [-0.1, -0.05) is 19.8 Å². The zero-order valence-electron chi connectivity index (χ0n) is 12.2. The van der Waals surface area contributed by atoms with Gasteiger partial charge < -0.3 is 11.1 Å². The summed E-state index contributed by atoms with van der Waals surface area (Å²) in [5, 5.41) is 2.96. The minimum Gasteiger partial charge on any atom is -0.399 e. The van der Waals surface area contributed by atoms with Crippen molar-refractivity contribution in [3.8, 4) is 0 Å². The Bertz CT molecular complexity index is 501. The second-order valence-corrected chi connectivity index (χ2v) is 5.98. The molecule has 0 spiro atoms. The molecule has 3 nitrogen and oxygen atoms in total. The molecule has 2 rings (SSSR count). The van der Waals surface area contributed by atoms with Gasteiger partial charge in [0.1, 0.15) is 5.82 Å². The Morgan fingerprint density at radius 3 is 2.80 bits per heavy atom. The highest BCUT2D eigenvalue weighted by Crippen LogP contribution is 2.23. The second-order valence-electron chi connectivity index (χ2n) is 5.98. The number of nitrogens with one attached hydrogen (secondary N) is 1. The molecule has 1 aromatic carbocycles. The number of nitrogen functional groups attached to an aromatic ring is 1. The summed E-state index contributed by atoms with van der Waals surface area (Å²) in [7, 11) is 0. The molecule has 0 bridgehead atoms. The van der Waals surface area contributed by atoms with Crippen LogP contribution in [0.1, 0.15) is 54.9 Å². The highest BCUT2D eigenvalue weighted by molar-refractivity contribution is 5.95. The molecule has 1 aromatic rings. The first-order valence-corrected chi connectivity index (χ1v) is 7.34. The highest BCUT2D eigenvalue weighted by atomic mass is 19.1. The lowest BCUT2D eigenvalue weighted by Crippen LogP contribution is -2.35. The number of halogens is 1. The van der Waals surface area contributed by atoms with Crippen LogP contribution in [0.4, 0.5) is 10.1 Å². The van der Waals surface area contributed by atoms with Gasteiger partial charge in [-0.2, -0.15) is 0 Å². The Morgan fingerprint density at radius 1 is 1.30 bits per heavy atom. The zero-order chi connectivity index (χ0) is 14.7. The highest BCUT2D eigenvalue weighted by Gasteiger charge is 2.21. The van der Waals surface area contributed by atoms with Crippen molar-refractivity contribution in [2.75, 3.05) is 5.73 Å². The van der Waals surface area contributed by atoms with Crippen molar-refractivity contribution < 1.29 is 9.18 Å². The number of hydrogen-bond donors (Lipinski definition) is 2. The maximum Gasteiger partial charge on any atom is 0.254 e. The van der Waals surface area contributed by atoms with Crippen LogP contribution in [-0.4, -0.2) is 11.9 Å². The fourth-order valence-electron chi connectivity index (χ4n) is 2.86. The van der Waals surface area contributed by atoms with Crippen molar-refractivity contribution in [2.24, 2.45) is 5.92 Å². The molecule has 0 aromatic heterocycles. The molecule has 20 heavy (non-hydrogen) atoms. The maximum absolute atomic E-state index is 14.0. The fraction of sp³-hybridized carbons (Fsp3) is 0.562. The summed E-state index contributed by atoms with van der Waals surface area (Å²) >= 11 is 0. The summed E-state index contributed by atoms with van der Waals surface area (Å²) in [4.78, 5) is 12.2. The molecule has 110 valence electrons. The van der Waals surface area contributed by atoms with Gasteiger partial charge in [0.2, 0.25) is 0 Å². The van der Waals surface area contributed by atoms with Crippen LogP contribution in [0.5, 0.6) is 0 Å². The van der Waals surface area contributed by atoms with Gasteiger partial charge in [-0.05, 0) is 49.8 Å². The third-order valence-corrected chi connectivity index (χ3v) is 4.11. The van der Waals surface area contributed by atoms with Crippen LogP contribution in [0.15, 0.2) is 12.1 Å². The Morgan fingerprint density at radius 2 is 2.05 bits per heavy atom. The van der Waals surface area contributed by atoms with Crippen molar-refractivity contribution in [1.29, 1.82) is 0 Å². The number of benzene rings is 1. The van der Waals surface area contributed by atoms with E-state index in [1.165, 1.54) is 12.5 Å². The number of carbonyl (C=O) groups excluding carboxylic acids is 1. The Balaban J connectivity index is 2.08. The molecule has 0 heterocycles. The minimum absolute atomic E-state index is 0.0554. The summed E-state index contributed by atoms with van der Waals surface area (Å²) in [5.41, 5.74) is 6.58. The van der Waals surface area contributed by atoms with Gasteiger partial charge in [-0.15, -0.1) is 0 Å². The van der Waals surface area contributed by atoms with Crippen LogP contribution >= 0.6 is 0 Å². The van der Waals surface area contributed by atoms with E-state index in [9.17, 15) is 9.18 Å². The largest absolute Gasteiger partial charge is 0.399 e. The molecular formula is C16H23FN2O. The molecule has 2 atom stereocenters. The Labute approximate surface area is 119 Å². The van der Waals surface area contributed by atoms with Crippen molar-refractivity contribution in [2.45, 2.75) is 52.0 Å². The van der Waals surface area contributed by atoms with E-state index in [-0.39, 0.29) is 17.5 Å². The molecular weight excluding hydrogens is 255 g/mol. The van der Waals surface area contributed by atoms with E-state index in [0.717, 1.165) is 25.7 Å². The van der Waals surface area contributed by atoms with Gasteiger partial charge in [-0.3, -0.25) is 4.79 Å². The molecule has 4 heteroatoms. The predicted molar refractivity (Wildman–Crippen MR) is 79.1 cm³/mol. The van der Waals surface area contributed by atoms with Crippen LogP contribution in [0.25, 0.3) is 0 Å². The lowest BCUT2D eigenvalue weighted by molar-refractivity contribution is 0.0929. The van der Waals surface area contributed by atoms with E-state index in [1.807, 2.05) is 0 Å². The van der Waals surface area contributed by atoms with E-state index in [2.05, 4.69) is 12.2 Å². The van der Waals surface area contributed by atoms with Gasteiger partial charge in [0, 0.05) is 11.7 Å². The van der Waals surface area contributed by atoms with Crippen LogP contribution in [0, 0.1) is 18.7 Å². The average Bonchev–Trinajstić information content (AvgIpc) is 2.59. The molecule has 2 unspecified atom stereocenters. The van der Waals surface area contributed by atoms with Crippen LogP contribution < -0.4 is 11.1 Å². The van der Waals surface area contributed by atoms with Crippen LogP contribution in [-0.2, 0) is 0 Å². The van der Waals surface area contributed by atoms with Crippen molar-refractivity contribution in [3.63, 3.8) is 0 Å². The summed E-state index contributed by atoms with van der Waals surface area (Å²) in [6.07, 6.45) is 5.38. The van der Waals surface area contributed by atoms with E-state index in [0.29, 0.717) is 17.2 Å². The molecule has 1 fully saturated rings. The van der Waals surface area contributed by atoms with E-state index in [1.54, 1.807) is 13.0 Å². The number of hydrogen-bond acceptors (Lipinski definition) is 2. The minimum atomic E-state index is -0.473. The van der Waals surface area contributed by atoms with Gasteiger partial charge in [0.05, 0.1) is 5.56 Å². The molecule has 1 saturated carbocycles. The van der Waals surface area contributed by atoms with Gasteiger partial charge in [0.25, 0.3) is 5.91 Å². The van der Waals surface area contributed by atoms with Crippen LogP contribution in [0.3, 0.4) is 0 Å². The molecule has 1 amide bonds. The van der Waals surface area contributed by atoms with Gasteiger partial charge in [0.15, 0.2) is 0 Å². The summed E-state index contributed by atoms with van der Waals surface area (Å²) in [6, 6.07) is 3.10. The average molecular weight is 278 g/mol. The maximum atomic E-state index is 14.0. The summed E-state index contributed by atoms with van der Waals surface area (Å²) < 4.78 is 14.0. The zero-order valence-corrected chi connectivity index (χ0v) is 12.2. The van der Waals surface area contributed by atoms with E-state index >= 15 is 0 Å². The molecule has 0 saturated heterocycles. The van der Waals surface area contributed by atoms with Gasteiger partial charge >= 0.3 is 0 Å². The summed E-state index contributed by atoms with van der Waals surface area (Å²) in [6.45, 7) is 3.86. The Hall–Kier alpha value is -1.58. The molecule has 1 aliphatic carbocycles. The predicted octanol–water partition coefficient (Wildman–Crippen LogP) is 3.41. The molecule has 3 N–H and O–H groups in total. The number of rotatable bonds is 2. The number of amides is 1. The quantitative estimate of drug-likeness (QED) is 0.643. The number of nitrogens with two attached hydrogens (primary N) is 1. The van der Waals surface area contributed by atoms with E-state index < -0.39 is 5.82 Å². The van der Waals surface area contributed by atoms with E-state index in [4.69, 9.17) is 5.73 Å². The Kier molecular flexibility index (Phi) is 4.63. The SMILES string of the molecule is Cc1cc(N)cc(C(=O)NC2CCCC(C)CC2)c1F. The monoisotopic (exact) mass is 278 g/mol. The lowest BCUT2D eigenvalue weighted by atomic mass is 10.0. The fourth-order valence-corrected chi connectivity index (χ4v) is 2.86. The van der Waals surface area contributed by atoms with Crippen molar-refractivity contribution >= 4 is 11.6 Å². The first kappa shape index (κ1) is 14.8. The first-order chi connectivity index (χ1) is 9.47. The van der Waals surface area contributed by atoms with Gasteiger partial charge in [-0.25, -0.2) is 4.39 Å². The third kappa shape index (κ3) is 3.50. The lowest BCUT2D eigenvalue weighted by Gasteiger charge is -2.17. The molecule has 0 aliphatic heterocycles. The van der Waals surface area contributed by atoms with Crippen molar-refractivity contribution in [3.05, 3.63) is 29.1 Å². The molecule has 0 radical (unpaired) electrons. The normalized spacial score (nSPS) is 23.1. The molecule has 1 aliphatic rings. The number of anilines is 1. The topological polar surface area (TPSA) is 55.1 Å². The third-order valence-electron chi connectivity index (χ3n) is 4.11. The van der Waals surface area contributed by atoms with Crippen molar-refractivity contribution in [1.82, 2.24) is 5.32 Å². The second kappa shape index (κ2) is 6.25. The number of aryl methyl sites for hydroxylation is 1. The standard InChI is InChI=1S/C16H23FN2O/c1-10-4-3-5-13(7-6-10)19-16(20)14-9-12(18)8-11(2)15(14)17/h8-10,13H,3-7,18H2,1-2H3,(H,19,20). The first-order valence-electron chi connectivity index (χ1n) is 7.34. The number of carbonyl (C=O) groups is 1. The smallest absolute Gasteiger partial charge is 0.254 e. The van der Waals surface area contributed by atoms with Crippen LogP contribution in [0.2, 0.25) is 0 Å². The summed E-state index contributed by atoms with van der Waals surface area (Å²) in [5.74, 6) is -0.112.